The van der Waals surface area contributed by atoms with Crippen LogP contribution >= 0.6 is 0 Å². The summed E-state index contributed by atoms with van der Waals surface area (Å²) in [7, 11) is 0. The fraction of sp³-hybridized carbons (Fsp3) is 0.300. The molecule has 2 aromatic rings. The third-order valence-corrected chi connectivity index (χ3v) is 4.48. The third kappa shape index (κ3) is 2.70. The van der Waals surface area contributed by atoms with Crippen molar-refractivity contribution in [3.8, 4) is 5.69 Å². The van der Waals surface area contributed by atoms with Gasteiger partial charge in [-0.1, -0.05) is 23.8 Å². The Morgan fingerprint density at radius 2 is 2.13 bits per heavy atom. The Balaban J connectivity index is 1.95. The van der Waals surface area contributed by atoms with Crippen LogP contribution in [-0.2, 0) is 4.74 Å². The number of hydrogen-bond acceptors (Lipinski definition) is 2. The van der Waals surface area contributed by atoms with E-state index in [9.17, 15) is 0 Å². The first kappa shape index (κ1) is 14.3. The van der Waals surface area contributed by atoms with Crippen LogP contribution in [0.25, 0.3) is 17.8 Å². The Kier molecular flexibility index (Phi) is 3.74. The van der Waals surface area contributed by atoms with Crippen LogP contribution < -0.4 is 10.6 Å². The van der Waals surface area contributed by atoms with E-state index in [-0.39, 0.29) is 0 Å². The van der Waals surface area contributed by atoms with Crippen LogP contribution in [0.1, 0.15) is 30.0 Å². The second-order valence-electron chi connectivity index (χ2n) is 6.14. The predicted octanol–water partition coefficient (Wildman–Crippen LogP) is 2.36. The smallest absolute Gasteiger partial charge is 0.0762 e. The Labute approximate surface area is 135 Å². The summed E-state index contributed by atoms with van der Waals surface area (Å²) >= 11 is 0. The molecule has 1 aliphatic carbocycles. The van der Waals surface area contributed by atoms with E-state index in [1.54, 1.807) is 0 Å². The molecule has 4 rings (SSSR count). The van der Waals surface area contributed by atoms with E-state index in [0.717, 1.165) is 37.4 Å². The first-order chi connectivity index (χ1) is 11.3. The van der Waals surface area contributed by atoms with Crippen molar-refractivity contribution in [1.29, 1.82) is 0 Å². The fourth-order valence-electron chi connectivity index (χ4n) is 3.20. The molecule has 0 N–H and O–H groups in total. The maximum absolute atomic E-state index is 5.58. The van der Waals surface area contributed by atoms with Crippen LogP contribution in [-0.4, -0.2) is 23.0 Å². The Bertz CT molecular complexity index is 890. The molecule has 0 bridgehead atoms. The second kappa shape index (κ2) is 6.04. The van der Waals surface area contributed by atoms with Gasteiger partial charge in [0.25, 0.3) is 0 Å². The highest BCUT2D eigenvalue weighted by Gasteiger charge is 2.23. The van der Waals surface area contributed by atoms with Gasteiger partial charge < -0.3 is 4.74 Å². The molecule has 1 aromatic heterocycles. The van der Waals surface area contributed by atoms with Gasteiger partial charge in [0, 0.05) is 17.7 Å². The normalized spacial score (nSPS) is 22.6. The summed E-state index contributed by atoms with van der Waals surface area (Å²) in [5.74, 6) is 0.386. The van der Waals surface area contributed by atoms with Crippen LogP contribution in [0.4, 0.5) is 0 Å². The summed E-state index contributed by atoms with van der Waals surface area (Å²) in [4.78, 5) is 0. The molecular formula is C20H20N2O. The van der Waals surface area contributed by atoms with E-state index < -0.39 is 0 Å². The van der Waals surface area contributed by atoms with Gasteiger partial charge in [-0.25, -0.2) is 4.68 Å². The van der Waals surface area contributed by atoms with Crippen molar-refractivity contribution < 1.29 is 4.74 Å². The van der Waals surface area contributed by atoms with Crippen LogP contribution in [0, 0.1) is 6.92 Å². The lowest BCUT2D eigenvalue weighted by Gasteiger charge is -2.04. The zero-order chi connectivity index (χ0) is 15.6. The van der Waals surface area contributed by atoms with Gasteiger partial charge in [-0.2, -0.15) is 5.10 Å². The van der Waals surface area contributed by atoms with Crippen LogP contribution in [0.2, 0.25) is 0 Å². The van der Waals surface area contributed by atoms with E-state index in [0.29, 0.717) is 5.92 Å². The summed E-state index contributed by atoms with van der Waals surface area (Å²) < 4.78 is 7.66. The van der Waals surface area contributed by atoms with Gasteiger partial charge in [-0.15, -0.1) is 5.73 Å². The van der Waals surface area contributed by atoms with Crippen LogP contribution in [0.3, 0.4) is 0 Å². The monoisotopic (exact) mass is 304 g/mol. The van der Waals surface area contributed by atoms with Crippen molar-refractivity contribution in [2.75, 3.05) is 13.2 Å². The van der Waals surface area contributed by atoms with E-state index in [4.69, 9.17) is 9.84 Å². The molecule has 1 atom stereocenters. The Hall–Kier alpha value is -2.35. The van der Waals surface area contributed by atoms with Gasteiger partial charge in [0.15, 0.2) is 0 Å². The molecule has 2 aliphatic rings. The second-order valence-corrected chi connectivity index (χ2v) is 6.14. The van der Waals surface area contributed by atoms with E-state index in [1.165, 1.54) is 16.1 Å². The first-order valence-electron chi connectivity index (χ1n) is 8.18. The topological polar surface area (TPSA) is 27.1 Å². The lowest BCUT2D eigenvalue weighted by molar-refractivity contribution is 0.193. The minimum atomic E-state index is 0.386. The Morgan fingerprint density at radius 3 is 2.91 bits per heavy atom. The summed E-state index contributed by atoms with van der Waals surface area (Å²) in [6.07, 6.45) is 10.3. The maximum Gasteiger partial charge on any atom is 0.0762 e. The first-order valence-corrected chi connectivity index (χ1v) is 8.18. The van der Waals surface area contributed by atoms with Crippen molar-refractivity contribution in [2.45, 2.75) is 25.7 Å². The van der Waals surface area contributed by atoms with Crippen LogP contribution in [0.5, 0.6) is 0 Å². The zero-order valence-electron chi connectivity index (χ0n) is 13.3. The number of fused-ring (bicyclic) bond motifs is 1. The molecular weight excluding hydrogens is 284 g/mol. The highest BCUT2D eigenvalue weighted by Crippen LogP contribution is 2.21. The molecule has 3 nitrogen and oxygen atoms in total. The summed E-state index contributed by atoms with van der Waals surface area (Å²) in [6.45, 7) is 3.70. The van der Waals surface area contributed by atoms with Gasteiger partial charge in [-0.3, -0.25) is 0 Å². The van der Waals surface area contributed by atoms with Crippen molar-refractivity contribution >= 4 is 12.2 Å². The summed E-state index contributed by atoms with van der Waals surface area (Å²) in [5.41, 5.74) is 6.71. The number of aryl methyl sites for hydroxylation is 1. The minimum Gasteiger partial charge on any atom is -0.381 e. The zero-order valence-corrected chi connectivity index (χ0v) is 13.3. The minimum absolute atomic E-state index is 0.386. The number of ether oxygens (including phenoxy) is 1. The van der Waals surface area contributed by atoms with Crippen LogP contribution in [0.15, 0.2) is 42.1 Å². The molecule has 1 unspecified atom stereocenters. The van der Waals surface area contributed by atoms with Crippen molar-refractivity contribution in [3.05, 3.63) is 64.0 Å². The van der Waals surface area contributed by atoms with Gasteiger partial charge in [0.05, 0.1) is 23.3 Å². The standard InChI is InChI=1S/C20H20N2O/c1-15-8-10-17(11-9-15)22-19-7-5-3-2-4-6-18(19)20(21-22)16-12-13-23-14-16/h3-4,6-11,16H,5,12-14H2,1H3/b18-6+,19-7+. The van der Waals surface area contributed by atoms with Gasteiger partial charge in [0.1, 0.15) is 0 Å². The lowest BCUT2D eigenvalue weighted by atomic mass is 10.0. The van der Waals surface area contributed by atoms with E-state index >= 15 is 0 Å². The summed E-state index contributed by atoms with van der Waals surface area (Å²) in [5, 5.41) is 7.35. The molecule has 3 heteroatoms. The molecule has 0 spiro atoms. The highest BCUT2D eigenvalue weighted by atomic mass is 16.5. The average Bonchev–Trinajstić information content (AvgIpc) is 3.16. The quantitative estimate of drug-likeness (QED) is 0.797. The molecule has 2 heterocycles. The molecule has 116 valence electrons. The Morgan fingerprint density at radius 1 is 1.26 bits per heavy atom. The number of aromatic nitrogens is 2. The number of nitrogens with zero attached hydrogens (tertiary/aromatic N) is 2. The predicted molar refractivity (Wildman–Crippen MR) is 91.9 cm³/mol. The average molecular weight is 304 g/mol. The molecule has 0 radical (unpaired) electrons. The van der Waals surface area contributed by atoms with Crippen molar-refractivity contribution in [3.63, 3.8) is 0 Å². The van der Waals surface area contributed by atoms with Gasteiger partial charge in [-0.05, 0) is 50.1 Å². The maximum atomic E-state index is 5.58. The SMILES string of the molecule is Cc1ccc(-n2nc(C3CCOC3)c3/c2=C\CC=C=C\C=3)cc1. The summed E-state index contributed by atoms with van der Waals surface area (Å²) in [6, 6.07) is 8.54. The molecule has 1 aromatic carbocycles. The lowest BCUT2D eigenvalue weighted by Crippen LogP contribution is -2.30. The number of allylic oxidation sites excluding steroid dienone is 1. The molecule has 1 saturated heterocycles. The molecule has 1 aliphatic heterocycles. The van der Waals surface area contributed by atoms with E-state index in [1.807, 2.05) is 12.2 Å². The van der Waals surface area contributed by atoms with Crippen molar-refractivity contribution in [2.24, 2.45) is 0 Å². The molecule has 0 saturated carbocycles. The number of hydrogen-bond donors (Lipinski definition) is 0. The molecule has 1 fully saturated rings. The largest absolute Gasteiger partial charge is 0.381 e. The van der Waals surface area contributed by atoms with E-state index in [2.05, 4.69) is 53.8 Å². The fourth-order valence-corrected chi connectivity index (χ4v) is 3.20. The van der Waals surface area contributed by atoms with Crippen molar-refractivity contribution in [1.82, 2.24) is 9.78 Å². The molecule has 0 amide bonds. The highest BCUT2D eigenvalue weighted by molar-refractivity contribution is 5.45. The third-order valence-electron chi connectivity index (χ3n) is 4.48. The number of benzene rings is 1. The van der Waals surface area contributed by atoms with Gasteiger partial charge in [0.2, 0.25) is 0 Å². The number of rotatable bonds is 2. The molecule has 23 heavy (non-hydrogen) atoms. The van der Waals surface area contributed by atoms with Gasteiger partial charge >= 0.3 is 0 Å².